The number of carbonyl (C=O) groups is 1. The molecule has 0 radical (unpaired) electrons. The molecule has 3 aromatic rings. The minimum Gasteiger partial charge on any atom is -0.490 e. The Balaban J connectivity index is 1.68. The van der Waals surface area contributed by atoms with E-state index in [4.69, 9.17) is 9.47 Å². The van der Waals surface area contributed by atoms with Crippen molar-refractivity contribution in [1.82, 2.24) is 20.1 Å². The first-order valence-electron chi connectivity index (χ1n) is 9.84. The van der Waals surface area contributed by atoms with Crippen LogP contribution < -0.4 is 14.8 Å². The number of benzene rings is 1. The summed E-state index contributed by atoms with van der Waals surface area (Å²) in [5.41, 5.74) is 1.46. The highest BCUT2D eigenvalue weighted by molar-refractivity contribution is 5.94. The first-order chi connectivity index (χ1) is 14.2. The summed E-state index contributed by atoms with van der Waals surface area (Å²) in [6.45, 7) is 5.64. The Morgan fingerprint density at radius 2 is 1.83 bits per heavy atom. The molecule has 0 atom stereocenters. The molecule has 0 saturated heterocycles. The van der Waals surface area contributed by atoms with Crippen molar-refractivity contribution in [2.45, 2.75) is 33.2 Å². The SMILES string of the molecule is CCCOc1ccc(C(=O)NCc2ccnc(-n3cccn3)c2)cc1OCCC. The lowest BCUT2D eigenvalue weighted by molar-refractivity contribution is 0.0950. The van der Waals surface area contributed by atoms with Gasteiger partial charge >= 0.3 is 0 Å². The molecule has 2 aromatic heterocycles. The van der Waals surface area contributed by atoms with E-state index in [0.29, 0.717) is 42.6 Å². The van der Waals surface area contributed by atoms with Crippen LogP contribution in [0.3, 0.4) is 0 Å². The van der Waals surface area contributed by atoms with Gasteiger partial charge in [0.15, 0.2) is 17.3 Å². The molecule has 7 nitrogen and oxygen atoms in total. The van der Waals surface area contributed by atoms with Gasteiger partial charge in [-0.1, -0.05) is 13.8 Å². The van der Waals surface area contributed by atoms with Gasteiger partial charge in [0.25, 0.3) is 5.91 Å². The van der Waals surface area contributed by atoms with Crippen molar-refractivity contribution in [2.24, 2.45) is 0 Å². The van der Waals surface area contributed by atoms with Crippen molar-refractivity contribution in [3.8, 4) is 17.3 Å². The van der Waals surface area contributed by atoms with E-state index >= 15 is 0 Å². The highest BCUT2D eigenvalue weighted by Crippen LogP contribution is 2.29. The molecule has 0 aliphatic carbocycles. The van der Waals surface area contributed by atoms with Crippen LogP contribution in [0.5, 0.6) is 11.5 Å². The fraction of sp³-hybridized carbons (Fsp3) is 0.318. The van der Waals surface area contributed by atoms with Gasteiger partial charge in [-0.3, -0.25) is 4.79 Å². The molecule has 2 heterocycles. The Morgan fingerprint density at radius 3 is 2.55 bits per heavy atom. The zero-order valence-electron chi connectivity index (χ0n) is 16.8. The largest absolute Gasteiger partial charge is 0.490 e. The van der Waals surface area contributed by atoms with Crippen LogP contribution in [0.1, 0.15) is 42.6 Å². The van der Waals surface area contributed by atoms with Gasteiger partial charge in [0, 0.05) is 30.7 Å². The predicted octanol–water partition coefficient (Wildman–Crippen LogP) is 3.77. The third-order valence-corrected chi connectivity index (χ3v) is 4.13. The maximum atomic E-state index is 12.6. The van der Waals surface area contributed by atoms with Crippen LogP contribution in [-0.2, 0) is 6.54 Å². The Bertz CT molecular complexity index is 926. The predicted molar refractivity (Wildman–Crippen MR) is 111 cm³/mol. The third-order valence-electron chi connectivity index (χ3n) is 4.13. The zero-order valence-corrected chi connectivity index (χ0v) is 16.8. The van der Waals surface area contributed by atoms with Crippen LogP contribution in [0.25, 0.3) is 5.82 Å². The maximum Gasteiger partial charge on any atom is 0.251 e. The van der Waals surface area contributed by atoms with Crippen LogP contribution in [-0.4, -0.2) is 33.9 Å². The zero-order chi connectivity index (χ0) is 20.5. The van der Waals surface area contributed by atoms with E-state index in [2.05, 4.69) is 15.4 Å². The number of rotatable bonds is 10. The summed E-state index contributed by atoms with van der Waals surface area (Å²) in [5, 5.41) is 7.12. The third kappa shape index (κ3) is 5.57. The number of pyridine rings is 1. The average Bonchev–Trinajstić information content (AvgIpc) is 3.30. The number of carbonyl (C=O) groups excluding carboxylic acids is 1. The van der Waals surface area contributed by atoms with E-state index in [1.165, 1.54) is 0 Å². The van der Waals surface area contributed by atoms with Gasteiger partial charge in [0.05, 0.1) is 13.2 Å². The van der Waals surface area contributed by atoms with Crippen LogP contribution in [0.15, 0.2) is 55.0 Å². The van der Waals surface area contributed by atoms with Gasteiger partial charge in [-0.05, 0) is 54.8 Å². The van der Waals surface area contributed by atoms with E-state index < -0.39 is 0 Å². The average molecular weight is 394 g/mol. The molecule has 0 spiro atoms. The Morgan fingerprint density at radius 1 is 1.03 bits per heavy atom. The molecule has 0 aliphatic heterocycles. The first kappa shape index (κ1) is 20.4. The minimum atomic E-state index is -0.175. The first-order valence-corrected chi connectivity index (χ1v) is 9.84. The second kappa shape index (κ2) is 10.3. The summed E-state index contributed by atoms with van der Waals surface area (Å²) in [4.78, 5) is 16.9. The monoisotopic (exact) mass is 394 g/mol. The molecule has 7 heteroatoms. The standard InChI is InChI=1S/C22H26N4O3/c1-3-12-28-19-7-6-18(15-20(19)29-13-4-2)22(27)24-16-17-8-10-23-21(14-17)26-11-5-9-25-26/h5-11,14-15H,3-4,12-13,16H2,1-2H3,(H,24,27). The van der Waals surface area contributed by atoms with Crippen LogP contribution >= 0.6 is 0 Å². The molecule has 1 amide bonds. The maximum absolute atomic E-state index is 12.6. The minimum absolute atomic E-state index is 0.175. The highest BCUT2D eigenvalue weighted by atomic mass is 16.5. The Labute approximate surface area is 170 Å². The molecule has 29 heavy (non-hydrogen) atoms. The van der Waals surface area contributed by atoms with Crippen molar-refractivity contribution >= 4 is 5.91 Å². The van der Waals surface area contributed by atoms with E-state index in [1.54, 1.807) is 35.3 Å². The van der Waals surface area contributed by atoms with Gasteiger partial charge in [0.2, 0.25) is 0 Å². The number of hydrogen-bond acceptors (Lipinski definition) is 5. The van der Waals surface area contributed by atoms with Gasteiger partial charge in [-0.25, -0.2) is 9.67 Å². The number of nitrogens with one attached hydrogen (secondary N) is 1. The second-order valence-corrected chi connectivity index (χ2v) is 6.51. The van der Waals surface area contributed by atoms with Crippen molar-refractivity contribution in [2.75, 3.05) is 13.2 Å². The molecular weight excluding hydrogens is 368 g/mol. The fourth-order valence-electron chi connectivity index (χ4n) is 2.69. The fourth-order valence-corrected chi connectivity index (χ4v) is 2.69. The van der Waals surface area contributed by atoms with Crippen molar-refractivity contribution in [3.05, 3.63) is 66.1 Å². The van der Waals surface area contributed by atoms with Crippen LogP contribution in [0.2, 0.25) is 0 Å². The van der Waals surface area contributed by atoms with Crippen molar-refractivity contribution in [3.63, 3.8) is 0 Å². The second-order valence-electron chi connectivity index (χ2n) is 6.51. The van der Waals surface area contributed by atoms with Crippen LogP contribution in [0.4, 0.5) is 0 Å². The lowest BCUT2D eigenvalue weighted by Crippen LogP contribution is -2.23. The highest BCUT2D eigenvalue weighted by Gasteiger charge is 2.12. The van der Waals surface area contributed by atoms with E-state index in [0.717, 1.165) is 18.4 Å². The molecule has 152 valence electrons. The van der Waals surface area contributed by atoms with Gasteiger partial charge in [-0.15, -0.1) is 0 Å². The molecule has 1 aromatic carbocycles. The lowest BCUT2D eigenvalue weighted by Gasteiger charge is -2.14. The summed E-state index contributed by atoms with van der Waals surface area (Å²) in [6.07, 6.45) is 7.01. The topological polar surface area (TPSA) is 78.3 Å². The molecule has 1 N–H and O–H groups in total. The number of nitrogens with zero attached hydrogens (tertiary/aromatic N) is 3. The molecule has 0 saturated carbocycles. The smallest absolute Gasteiger partial charge is 0.251 e. The summed E-state index contributed by atoms with van der Waals surface area (Å²) in [5.74, 6) is 1.79. The normalized spacial score (nSPS) is 10.6. The number of hydrogen-bond donors (Lipinski definition) is 1. The van der Waals surface area contributed by atoms with Gasteiger partial charge < -0.3 is 14.8 Å². The molecule has 3 rings (SSSR count). The summed E-state index contributed by atoms with van der Waals surface area (Å²) >= 11 is 0. The quantitative estimate of drug-likeness (QED) is 0.566. The molecule has 0 aliphatic rings. The van der Waals surface area contributed by atoms with E-state index in [-0.39, 0.29) is 5.91 Å². The van der Waals surface area contributed by atoms with Crippen molar-refractivity contribution in [1.29, 1.82) is 0 Å². The summed E-state index contributed by atoms with van der Waals surface area (Å²) in [7, 11) is 0. The summed E-state index contributed by atoms with van der Waals surface area (Å²) in [6, 6.07) is 10.9. The van der Waals surface area contributed by atoms with E-state index in [1.807, 2.05) is 38.2 Å². The van der Waals surface area contributed by atoms with Gasteiger partial charge in [0.1, 0.15) is 0 Å². The van der Waals surface area contributed by atoms with Crippen molar-refractivity contribution < 1.29 is 14.3 Å². The molecule has 0 bridgehead atoms. The van der Waals surface area contributed by atoms with Crippen LogP contribution in [0, 0.1) is 0 Å². The lowest BCUT2D eigenvalue weighted by atomic mass is 10.1. The Kier molecular flexibility index (Phi) is 7.22. The molecule has 0 fully saturated rings. The number of aromatic nitrogens is 3. The summed E-state index contributed by atoms with van der Waals surface area (Å²) < 4.78 is 13.2. The molecule has 0 unspecified atom stereocenters. The number of ether oxygens (including phenoxy) is 2. The van der Waals surface area contributed by atoms with Gasteiger partial charge in [-0.2, -0.15) is 5.10 Å². The number of amides is 1. The molecular formula is C22H26N4O3. The van der Waals surface area contributed by atoms with E-state index in [9.17, 15) is 4.79 Å². The Hall–Kier alpha value is -3.35.